The zero-order valence-corrected chi connectivity index (χ0v) is 14.6. The number of benzene rings is 2. The number of aromatic nitrogens is 3. The van der Waals surface area contributed by atoms with Gasteiger partial charge in [-0.2, -0.15) is 0 Å². The SMILES string of the molecule is O=S(=O)(c1ccccc1)n1cc(Sc2ncccn2)c2ccccc21. The van der Waals surface area contributed by atoms with Gasteiger partial charge in [0.25, 0.3) is 10.0 Å². The minimum Gasteiger partial charge on any atom is -0.240 e. The summed E-state index contributed by atoms with van der Waals surface area (Å²) in [5, 5.41) is 1.42. The predicted octanol–water partition coefficient (Wildman–Crippen LogP) is 3.82. The summed E-state index contributed by atoms with van der Waals surface area (Å²) in [6.45, 7) is 0. The van der Waals surface area contributed by atoms with Gasteiger partial charge in [-0.1, -0.05) is 36.4 Å². The third-order valence-corrected chi connectivity index (χ3v) is 6.31. The molecule has 0 unspecified atom stereocenters. The van der Waals surface area contributed by atoms with E-state index in [1.54, 1.807) is 61.1 Å². The molecule has 4 aromatic rings. The summed E-state index contributed by atoms with van der Waals surface area (Å²) in [6.07, 6.45) is 4.96. The van der Waals surface area contributed by atoms with Crippen LogP contribution in [0.3, 0.4) is 0 Å². The van der Waals surface area contributed by atoms with Crippen molar-refractivity contribution in [3.8, 4) is 0 Å². The number of hydrogen-bond donors (Lipinski definition) is 0. The van der Waals surface area contributed by atoms with Crippen molar-refractivity contribution in [3.05, 3.63) is 79.3 Å². The summed E-state index contributed by atoms with van der Waals surface area (Å²) in [5.41, 5.74) is 0.629. The summed E-state index contributed by atoms with van der Waals surface area (Å²) in [6, 6.07) is 17.6. The van der Waals surface area contributed by atoms with Crippen molar-refractivity contribution in [2.75, 3.05) is 0 Å². The Morgan fingerprint density at radius 1 is 0.840 bits per heavy atom. The Labute approximate surface area is 149 Å². The lowest BCUT2D eigenvalue weighted by atomic mass is 10.2. The van der Waals surface area contributed by atoms with E-state index in [9.17, 15) is 8.42 Å². The molecule has 0 saturated heterocycles. The first kappa shape index (κ1) is 15.9. The monoisotopic (exact) mass is 367 g/mol. The smallest absolute Gasteiger partial charge is 0.240 e. The largest absolute Gasteiger partial charge is 0.268 e. The predicted molar refractivity (Wildman–Crippen MR) is 97.1 cm³/mol. The molecule has 7 heteroatoms. The van der Waals surface area contributed by atoms with Crippen molar-refractivity contribution >= 4 is 32.7 Å². The topological polar surface area (TPSA) is 64.8 Å². The van der Waals surface area contributed by atoms with Gasteiger partial charge >= 0.3 is 0 Å². The van der Waals surface area contributed by atoms with Gasteiger partial charge in [0.1, 0.15) is 0 Å². The highest BCUT2D eigenvalue weighted by molar-refractivity contribution is 7.99. The van der Waals surface area contributed by atoms with Gasteiger partial charge in [-0.25, -0.2) is 22.4 Å². The van der Waals surface area contributed by atoms with E-state index in [0.717, 1.165) is 10.3 Å². The molecule has 0 N–H and O–H groups in total. The molecule has 0 aliphatic heterocycles. The number of rotatable bonds is 4. The molecule has 0 atom stereocenters. The molecule has 0 radical (unpaired) electrons. The van der Waals surface area contributed by atoms with E-state index in [-0.39, 0.29) is 4.90 Å². The van der Waals surface area contributed by atoms with Crippen molar-refractivity contribution in [2.45, 2.75) is 14.9 Å². The van der Waals surface area contributed by atoms with Gasteiger partial charge in [0.05, 0.1) is 10.4 Å². The van der Waals surface area contributed by atoms with Crippen molar-refractivity contribution in [1.29, 1.82) is 0 Å². The van der Waals surface area contributed by atoms with Gasteiger partial charge in [-0.15, -0.1) is 0 Å². The first-order chi connectivity index (χ1) is 12.2. The Morgan fingerprint density at radius 3 is 2.28 bits per heavy atom. The van der Waals surface area contributed by atoms with E-state index in [1.165, 1.54) is 15.7 Å². The average Bonchev–Trinajstić information content (AvgIpc) is 3.03. The molecule has 2 heterocycles. The number of nitrogens with zero attached hydrogens (tertiary/aromatic N) is 3. The van der Waals surface area contributed by atoms with Gasteiger partial charge in [0, 0.05) is 28.9 Å². The molecule has 0 bridgehead atoms. The lowest BCUT2D eigenvalue weighted by molar-refractivity contribution is 0.589. The fourth-order valence-corrected chi connectivity index (χ4v) is 4.86. The highest BCUT2D eigenvalue weighted by Gasteiger charge is 2.21. The minimum absolute atomic E-state index is 0.253. The fourth-order valence-electron chi connectivity index (χ4n) is 2.54. The maximum Gasteiger partial charge on any atom is 0.268 e. The lowest BCUT2D eigenvalue weighted by Gasteiger charge is -2.07. The third kappa shape index (κ3) is 2.92. The van der Waals surface area contributed by atoms with Crippen LogP contribution in [0.4, 0.5) is 0 Å². The van der Waals surface area contributed by atoms with Crippen molar-refractivity contribution in [2.24, 2.45) is 0 Å². The highest BCUT2D eigenvalue weighted by atomic mass is 32.2. The Morgan fingerprint density at radius 2 is 1.52 bits per heavy atom. The van der Waals surface area contributed by atoms with E-state index in [1.807, 2.05) is 18.2 Å². The molecule has 0 fully saturated rings. The number of para-hydroxylation sites is 1. The summed E-state index contributed by atoms with van der Waals surface area (Å²) in [4.78, 5) is 9.45. The van der Waals surface area contributed by atoms with E-state index >= 15 is 0 Å². The van der Waals surface area contributed by atoms with Gasteiger partial charge < -0.3 is 0 Å². The van der Waals surface area contributed by atoms with Crippen LogP contribution in [0.15, 0.2) is 94.2 Å². The highest BCUT2D eigenvalue weighted by Crippen LogP contribution is 2.34. The van der Waals surface area contributed by atoms with Gasteiger partial charge in [-0.05, 0) is 36.0 Å². The maximum absolute atomic E-state index is 13.0. The number of hydrogen-bond acceptors (Lipinski definition) is 5. The Hall–Kier alpha value is -2.64. The minimum atomic E-state index is -3.67. The molecule has 2 aromatic heterocycles. The molecule has 124 valence electrons. The Balaban J connectivity index is 1.89. The van der Waals surface area contributed by atoms with Crippen LogP contribution in [-0.4, -0.2) is 22.4 Å². The van der Waals surface area contributed by atoms with Crippen molar-refractivity contribution in [3.63, 3.8) is 0 Å². The molecule has 0 aliphatic carbocycles. The molecule has 0 saturated carbocycles. The summed E-state index contributed by atoms with van der Waals surface area (Å²) >= 11 is 1.34. The molecule has 2 aromatic carbocycles. The van der Waals surface area contributed by atoms with Crippen LogP contribution in [-0.2, 0) is 10.0 Å². The van der Waals surface area contributed by atoms with Crippen LogP contribution < -0.4 is 0 Å². The molecule has 0 spiro atoms. The summed E-state index contributed by atoms with van der Waals surface area (Å²) < 4.78 is 27.4. The molecule has 5 nitrogen and oxygen atoms in total. The molecular weight excluding hydrogens is 354 g/mol. The standard InChI is InChI=1S/C18H13N3O2S2/c22-25(23,14-7-2-1-3-8-14)21-13-17(15-9-4-5-10-16(15)21)24-18-19-11-6-12-20-18/h1-13H. The van der Waals surface area contributed by atoms with Crippen molar-refractivity contribution < 1.29 is 8.42 Å². The zero-order valence-electron chi connectivity index (χ0n) is 13.0. The van der Waals surface area contributed by atoms with Crippen LogP contribution in [0, 0.1) is 0 Å². The van der Waals surface area contributed by atoms with Crippen LogP contribution >= 0.6 is 11.8 Å². The second kappa shape index (κ2) is 6.34. The third-order valence-electron chi connectivity index (χ3n) is 3.68. The Kier molecular flexibility index (Phi) is 4.03. The fraction of sp³-hybridized carbons (Fsp3) is 0. The first-order valence-corrected chi connectivity index (χ1v) is 9.77. The van der Waals surface area contributed by atoms with E-state index in [4.69, 9.17) is 0 Å². The second-order valence-electron chi connectivity index (χ2n) is 5.26. The summed E-state index contributed by atoms with van der Waals surface area (Å²) in [5.74, 6) is 0. The molecule has 4 rings (SSSR count). The van der Waals surface area contributed by atoms with Gasteiger partial charge in [-0.3, -0.25) is 0 Å². The van der Waals surface area contributed by atoms with E-state index in [0.29, 0.717) is 10.7 Å². The normalized spacial score (nSPS) is 11.7. The molecule has 0 amide bonds. The maximum atomic E-state index is 13.0. The Bertz CT molecular complexity index is 1120. The van der Waals surface area contributed by atoms with Crippen LogP contribution in [0.5, 0.6) is 0 Å². The van der Waals surface area contributed by atoms with Crippen LogP contribution in [0.1, 0.15) is 0 Å². The van der Waals surface area contributed by atoms with Crippen LogP contribution in [0.2, 0.25) is 0 Å². The quantitative estimate of drug-likeness (QED) is 0.513. The van der Waals surface area contributed by atoms with E-state index in [2.05, 4.69) is 9.97 Å². The molecular formula is C18H13N3O2S2. The first-order valence-electron chi connectivity index (χ1n) is 7.52. The van der Waals surface area contributed by atoms with Crippen LogP contribution in [0.25, 0.3) is 10.9 Å². The van der Waals surface area contributed by atoms with E-state index < -0.39 is 10.0 Å². The van der Waals surface area contributed by atoms with Gasteiger partial charge in [0.2, 0.25) is 0 Å². The lowest BCUT2D eigenvalue weighted by Crippen LogP contribution is -2.11. The average molecular weight is 367 g/mol. The summed E-state index contributed by atoms with van der Waals surface area (Å²) in [7, 11) is -3.67. The van der Waals surface area contributed by atoms with Gasteiger partial charge in [0.15, 0.2) is 5.16 Å². The molecule has 0 aliphatic rings. The molecule has 25 heavy (non-hydrogen) atoms. The van der Waals surface area contributed by atoms with Crippen molar-refractivity contribution in [1.82, 2.24) is 13.9 Å². The zero-order chi connectivity index (χ0) is 17.3. The second-order valence-corrected chi connectivity index (χ2v) is 8.08. The number of fused-ring (bicyclic) bond motifs is 1.